The lowest BCUT2D eigenvalue weighted by molar-refractivity contribution is -0.145. The normalized spacial score (nSPS) is 24.9. The Hall–Kier alpha value is -2.34. The zero-order chi connectivity index (χ0) is 18.7. The fraction of sp³-hybridized carbons (Fsp3) is 0.300. The zero-order valence-corrected chi connectivity index (χ0v) is 15.2. The molecule has 1 heterocycles. The lowest BCUT2D eigenvalue weighted by Gasteiger charge is -2.18. The van der Waals surface area contributed by atoms with Crippen LogP contribution >= 0.6 is 11.8 Å². The van der Waals surface area contributed by atoms with Gasteiger partial charge in [-0.2, -0.15) is 0 Å². The minimum Gasteiger partial charge on any atom is -0.454 e. The Kier molecular flexibility index (Phi) is 5.61. The molecular weight excluding hydrogens is 355 g/mol. The van der Waals surface area contributed by atoms with Gasteiger partial charge in [0.15, 0.2) is 11.6 Å². The number of rotatable bonds is 4. The molecule has 26 heavy (non-hydrogen) atoms. The number of alkyl halides is 1. The molecule has 0 aliphatic carbocycles. The van der Waals surface area contributed by atoms with Crippen LogP contribution in [0.4, 0.5) is 4.39 Å². The predicted molar refractivity (Wildman–Crippen MR) is 98.6 cm³/mol. The van der Waals surface area contributed by atoms with Gasteiger partial charge in [-0.05, 0) is 30.2 Å². The SMILES string of the molecule is CC(=O)OC1S[C@H](C)[C@@H](OC(=O)c2ccc(-c3ccccc3)cc2)[C@@H]1F. The fourth-order valence-corrected chi connectivity index (χ4v) is 4.10. The van der Waals surface area contributed by atoms with Crippen LogP contribution in [0.1, 0.15) is 24.2 Å². The van der Waals surface area contributed by atoms with Crippen molar-refractivity contribution in [1.82, 2.24) is 0 Å². The average Bonchev–Trinajstić information content (AvgIpc) is 2.89. The van der Waals surface area contributed by atoms with Crippen molar-refractivity contribution in [2.45, 2.75) is 36.8 Å². The second-order valence-corrected chi connectivity index (χ2v) is 7.56. The molecule has 0 aromatic heterocycles. The molecule has 0 amide bonds. The van der Waals surface area contributed by atoms with Crippen molar-refractivity contribution in [1.29, 1.82) is 0 Å². The second-order valence-electron chi connectivity index (χ2n) is 6.08. The minimum atomic E-state index is -1.55. The molecule has 4 atom stereocenters. The number of carbonyl (C=O) groups excluding carboxylic acids is 2. The lowest BCUT2D eigenvalue weighted by atomic mass is 10.0. The summed E-state index contributed by atoms with van der Waals surface area (Å²) in [5.41, 5.74) is 1.43. The smallest absolute Gasteiger partial charge is 0.338 e. The van der Waals surface area contributed by atoms with Crippen molar-refractivity contribution in [2.75, 3.05) is 0 Å². The Morgan fingerprint density at radius 3 is 2.19 bits per heavy atom. The van der Waals surface area contributed by atoms with Gasteiger partial charge < -0.3 is 9.47 Å². The monoisotopic (exact) mass is 374 g/mol. The van der Waals surface area contributed by atoms with E-state index in [1.807, 2.05) is 42.5 Å². The van der Waals surface area contributed by atoms with E-state index in [0.29, 0.717) is 5.56 Å². The van der Waals surface area contributed by atoms with Gasteiger partial charge in [0.2, 0.25) is 0 Å². The van der Waals surface area contributed by atoms with E-state index < -0.39 is 29.7 Å². The molecule has 1 unspecified atom stereocenters. The summed E-state index contributed by atoms with van der Waals surface area (Å²) in [5, 5.41) is -0.304. The van der Waals surface area contributed by atoms with E-state index in [1.165, 1.54) is 6.92 Å². The van der Waals surface area contributed by atoms with Crippen LogP contribution in [0.5, 0.6) is 0 Å². The van der Waals surface area contributed by atoms with E-state index in [2.05, 4.69) is 0 Å². The molecule has 136 valence electrons. The van der Waals surface area contributed by atoms with Gasteiger partial charge in [0.1, 0.15) is 6.10 Å². The van der Waals surface area contributed by atoms with Crippen molar-refractivity contribution in [3.8, 4) is 11.1 Å². The molecule has 1 saturated heterocycles. The summed E-state index contributed by atoms with van der Waals surface area (Å²) < 4.78 is 24.7. The number of hydrogen-bond acceptors (Lipinski definition) is 5. The average molecular weight is 374 g/mol. The highest BCUT2D eigenvalue weighted by Gasteiger charge is 2.47. The van der Waals surface area contributed by atoms with Crippen molar-refractivity contribution in [2.24, 2.45) is 0 Å². The number of hydrogen-bond donors (Lipinski definition) is 0. The van der Waals surface area contributed by atoms with E-state index in [1.54, 1.807) is 19.1 Å². The highest BCUT2D eigenvalue weighted by atomic mass is 32.2. The lowest BCUT2D eigenvalue weighted by Crippen LogP contribution is -2.34. The van der Waals surface area contributed by atoms with Crippen LogP contribution in [0, 0.1) is 0 Å². The third kappa shape index (κ3) is 4.07. The van der Waals surface area contributed by atoms with Crippen molar-refractivity contribution < 1.29 is 23.5 Å². The Balaban J connectivity index is 1.67. The molecular formula is C20H19FO4S. The van der Waals surface area contributed by atoms with Gasteiger partial charge >= 0.3 is 11.9 Å². The first-order valence-corrected chi connectivity index (χ1v) is 9.23. The summed E-state index contributed by atoms with van der Waals surface area (Å²) in [5.74, 6) is -1.14. The molecule has 6 heteroatoms. The van der Waals surface area contributed by atoms with E-state index >= 15 is 0 Å². The standard InChI is InChI=1S/C20H19FO4S/c1-12-18(17(21)20(26-12)24-13(2)22)25-19(23)16-10-8-15(9-11-16)14-6-4-3-5-7-14/h3-12,17-18,20H,1-2H3/t12-,17+,18-,20?/m1/s1. The molecule has 0 saturated carbocycles. The maximum absolute atomic E-state index is 14.4. The van der Waals surface area contributed by atoms with Crippen LogP contribution in [0.3, 0.4) is 0 Å². The highest BCUT2D eigenvalue weighted by molar-refractivity contribution is 8.00. The van der Waals surface area contributed by atoms with Crippen LogP contribution < -0.4 is 0 Å². The number of benzene rings is 2. The number of esters is 2. The van der Waals surface area contributed by atoms with Gasteiger partial charge in [-0.25, -0.2) is 9.18 Å². The van der Waals surface area contributed by atoms with Crippen LogP contribution in [-0.4, -0.2) is 34.9 Å². The van der Waals surface area contributed by atoms with Crippen LogP contribution in [0.15, 0.2) is 54.6 Å². The topological polar surface area (TPSA) is 52.6 Å². The number of thioether (sulfide) groups is 1. The fourth-order valence-electron chi connectivity index (χ4n) is 2.82. The van der Waals surface area contributed by atoms with Crippen molar-refractivity contribution in [3.05, 3.63) is 60.2 Å². The molecule has 1 fully saturated rings. The summed E-state index contributed by atoms with van der Waals surface area (Å²) in [6.07, 6.45) is -2.50. The van der Waals surface area contributed by atoms with Gasteiger partial charge in [0.25, 0.3) is 0 Å². The summed E-state index contributed by atoms with van der Waals surface area (Å²) in [4.78, 5) is 23.4. The van der Waals surface area contributed by atoms with Gasteiger partial charge in [0.05, 0.1) is 5.56 Å². The molecule has 0 spiro atoms. The van der Waals surface area contributed by atoms with Crippen molar-refractivity contribution in [3.63, 3.8) is 0 Å². The molecule has 1 aliphatic heterocycles. The van der Waals surface area contributed by atoms with Gasteiger partial charge in [-0.15, -0.1) is 11.8 Å². The summed E-state index contributed by atoms with van der Waals surface area (Å²) in [7, 11) is 0. The molecule has 1 aliphatic rings. The molecule has 0 bridgehead atoms. The third-order valence-electron chi connectivity index (χ3n) is 4.14. The molecule has 3 rings (SSSR count). The summed E-state index contributed by atoms with van der Waals surface area (Å²) in [6, 6.07) is 16.8. The van der Waals surface area contributed by atoms with Crippen molar-refractivity contribution >= 4 is 23.7 Å². The van der Waals surface area contributed by atoms with Gasteiger partial charge in [0, 0.05) is 12.2 Å². The molecule has 2 aromatic rings. The molecule has 0 N–H and O–H groups in total. The van der Waals surface area contributed by atoms with E-state index in [0.717, 1.165) is 22.9 Å². The first-order valence-electron chi connectivity index (χ1n) is 8.29. The molecule has 4 nitrogen and oxygen atoms in total. The molecule has 0 radical (unpaired) electrons. The first-order chi connectivity index (χ1) is 12.5. The maximum Gasteiger partial charge on any atom is 0.338 e. The largest absolute Gasteiger partial charge is 0.454 e. The Bertz CT molecular complexity index is 778. The van der Waals surface area contributed by atoms with Crippen LogP contribution in [0.2, 0.25) is 0 Å². The maximum atomic E-state index is 14.4. The summed E-state index contributed by atoms with van der Waals surface area (Å²) in [6.45, 7) is 2.97. The van der Waals surface area contributed by atoms with Crippen LogP contribution in [0.25, 0.3) is 11.1 Å². The van der Waals surface area contributed by atoms with E-state index in [-0.39, 0.29) is 5.25 Å². The third-order valence-corrected chi connectivity index (χ3v) is 5.46. The number of halogens is 1. The van der Waals surface area contributed by atoms with E-state index in [9.17, 15) is 14.0 Å². The second kappa shape index (κ2) is 7.91. The van der Waals surface area contributed by atoms with Gasteiger partial charge in [-0.3, -0.25) is 4.79 Å². The highest BCUT2D eigenvalue weighted by Crippen LogP contribution is 2.39. The Morgan fingerprint density at radius 1 is 0.962 bits per heavy atom. The Morgan fingerprint density at radius 2 is 1.58 bits per heavy atom. The minimum absolute atomic E-state index is 0.304. The van der Waals surface area contributed by atoms with Crippen LogP contribution in [-0.2, 0) is 14.3 Å². The molecule has 2 aromatic carbocycles. The zero-order valence-electron chi connectivity index (χ0n) is 14.4. The number of ether oxygens (including phenoxy) is 2. The Labute approximate surface area is 155 Å². The van der Waals surface area contributed by atoms with E-state index in [4.69, 9.17) is 9.47 Å². The first kappa shape index (κ1) is 18.5. The number of carbonyl (C=O) groups is 2. The predicted octanol–water partition coefficient (Wildman–Crippen LogP) is 4.24. The van der Waals surface area contributed by atoms with Gasteiger partial charge in [-0.1, -0.05) is 42.5 Å². The quantitative estimate of drug-likeness (QED) is 0.749. The summed E-state index contributed by atoms with van der Waals surface area (Å²) >= 11 is 1.15.